The molecule has 0 spiro atoms. The third kappa shape index (κ3) is 5.99. The Labute approximate surface area is 277 Å². The fourth-order valence-electron chi connectivity index (χ4n) is 8.41. The van der Waals surface area contributed by atoms with Crippen molar-refractivity contribution in [2.45, 2.75) is 49.7 Å². The molecule has 3 heterocycles. The maximum atomic E-state index is 11.8. The Bertz CT molecular complexity index is 1740. The van der Waals surface area contributed by atoms with Crippen LogP contribution in [0, 0.1) is 0 Å². The van der Waals surface area contributed by atoms with Crippen LogP contribution in [0.15, 0.2) is 91.0 Å². The molecular weight excluding hydrogens is 586 g/mol. The van der Waals surface area contributed by atoms with Crippen LogP contribution in [0.2, 0.25) is 0 Å². The van der Waals surface area contributed by atoms with Crippen LogP contribution < -0.4 is 9.80 Å². The first-order chi connectivity index (χ1) is 22.9. The fraction of sp³-hybridized carbons (Fsp3) is 0.375. The predicted octanol–water partition coefficient (Wildman–Crippen LogP) is 6.08. The first-order valence-corrected chi connectivity index (χ1v) is 17.1. The summed E-state index contributed by atoms with van der Waals surface area (Å²) in [7, 11) is 0. The van der Waals surface area contributed by atoms with Crippen molar-refractivity contribution in [1.82, 2.24) is 4.90 Å². The standard InChI is InChI=1S/C40H43N3O4/c44-34-12-15-36-30(25-34)8-13-35(28-4-2-1-3-5-28)38(36)29-6-9-32(10-7-29)43-22-20-41(21-23-43)27-40(46)16-18-42(19-17-40)33-11-14-37-31(24-33)26-47-39(37)45/h1-7,9-12,14-15,24-25,35,38,44,46H,8,13,16-23,26-27H2/t35-,38+/m1/s1. The zero-order chi connectivity index (χ0) is 32.0. The molecule has 47 heavy (non-hydrogen) atoms. The van der Waals surface area contributed by atoms with E-state index in [4.69, 9.17) is 4.74 Å². The van der Waals surface area contributed by atoms with Gasteiger partial charge in [-0.2, -0.15) is 0 Å². The number of nitrogens with zero attached hydrogens (tertiary/aromatic N) is 3. The summed E-state index contributed by atoms with van der Waals surface area (Å²) in [4.78, 5) is 19.0. The third-order valence-electron chi connectivity index (χ3n) is 11.1. The molecular formula is C40H43N3O4. The summed E-state index contributed by atoms with van der Waals surface area (Å²) in [6, 6.07) is 31.9. The third-order valence-corrected chi connectivity index (χ3v) is 11.1. The van der Waals surface area contributed by atoms with Crippen molar-refractivity contribution in [3.05, 3.63) is 124 Å². The van der Waals surface area contributed by atoms with Gasteiger partial charge in [-0.15, -0.1) is 0 Å². The number of aryl methyl sites for hydroxylation is 1. The molecule has 0 saturated carbocycles. The van der Waals surface area contributed by atoms with E-state index in [1.807, 2.05) is 24.3 Å². The van der Waals surface area contributed by atoms with E-state index < -0.39 is 5.60 Å². The van der Waals surface area contributed by atoms with Gasteiger partial charge in [-0.05, 0) is 96.3 Å². The van der Waals surface area contributed by atoms with E-state index in [9.17, 15) is 15.0 Å². The number of fused-ring (bicyclic) bond motifs is 2. The van der Waals surface area contributed by atoms with Crippen LogP contribution in [-0.2, 0) is 17.8 Å². The molecule has 7 nitrogen and oxygen atoms in total. The number of phenols is 1. The molecule has 4 aromatic rings. The van der Waals surface area contributed by atoms with Crippen LogP contribution in [-0.4, -0.2) is 72.5 Å². The SMILES string of the molecule is O=C1OCc2cc(N3CCC(O)(CN4CCN(c5ccc([C@@H]6c7ccc(O)cc7CC[C@@H]6c6ccccc6)cc5)CC4)CC3)ccc21. The fourth-order valence-corrected chi connectivity index (χ4v) is 8.41. The Hall–Kier alpha value is -4.33. The second-order valence-corrected chi connectivity index (χ2v) is 13.9. The molecule has 4 aliphatic rings. The van der Waals surface area contributed by atoms with E-state index in [1.165, 1.54) is 27.9 Å². The number of anilines is 2. The van der Waals surface area contributed by atoms with E-state index in [0.717, 1.165) is 76.2 Å². The highest BCUT2D eigenvalue weighted by molar-refractivity contribution is 5.93. The molecule has 8 rings (SSSR count). The minimum atomic E-state index is -0.682. The predicted molar refractivity (Wildman–Crippen MR) is 185 cm³/mol. The lowest BCUT2D eigenvalue weighted by Gasteiger charge is -2.44. The average Bonchev–Trinajstić information content (AvgIpc) is 3.48. The van der Waals surface area contributed by atoms with Crippen LogP contribution in [0.25, 0.3) is 0 Å². The van der Waals surface area contributed by atoms with Gasteiger partial charge in [0.25, 0.3) is 0 Å². The smallest absolute Gasteiger partial charge is 0.338 e. The number of aromatic hydroxyl groups is 1. The lowest BCUT2D eigenvalue weighted by molar-refractivity contribution is -0.0173. The van der Waals surface area contributed by atoms with Crippen molar-refractivity contribution in [2.75, 3.05) is 55.6 Å². The normalized spacial score (nSPS) is 22.4. The van der Waals surface area contributed by atoms with Crippen LogP contribution in [0.4, 0.5) is 11.4 Å². The van der Waals surface area contributed by atoms with Gasteiger partial charge in [0.05, 0.1) is 11.2 Å². The first-order valence-electron chi connectivity index (χ1n) is 17.1. The number of hydrogen-bond donors (Lipinski definition) is 2. The number of aliphatic hydroxyl groups is 1. The topological polar surface area (TPSA) is 76.5 Å². The van der Waals surface area contributed by atoms with E-state index in [2.05, 4.69) is 81.4 Å². The first kappa shape index (κ1) is 30.0. The number of carbonyl (C=O) groups is 1. The second kappa shape index (κ2) is 12.4. The van der Waals surface area contributed by atoms with Crippen molar-refractivity contribution in [2.24, 2.45) is 0 Å². The summed E-state index contributed by atoms with van der Waals surface area (Å²) >= 11 is 0. The van der Waals surface area contributed by atoms with Crippen LogP contribution in [0.5, 0.6) is 5.75 Å². The van der Waals surface area contributed by atoms with Crippen molar-refractivity contribution in [1.29, 1.82) is 0 Å². The quantitative estimate of drug-likeness (QED) is 0.251. The lowest BCUT2D eigenvalue weighted by Crippen LogP contribution is -2.55. The number of piperidine rings is 1. The number of benzene rings is 4. The number of hydrogen-bond acceptors (Lipinski definition) is 7. The van der Waals surface area contributed by atoms with Gasteiger partial charge < -0.3 is 24.7 Å². The number of piperazine rings is 1. The number of phenolic OH excluding ortho intramolecular Hbond substituents is 1. The molecule has 0 unspecified atom stereocenters. The largest absolute Gasteiger partial charge is 0.508 e. The van der Waals surface area contributed by atoms with Gasteiger partial charge in [-0.25, -0.2) is 4.79 Å². The van der Waals surface area contributed by atoms with Gasteiger partial charge in [-0.1, -0.05) is 48.5 Å². The summed E-state index contributed by atoms with van der Waals surface area (Å²) in [6.07, 6.45) is 3.50. The number of cyclic esters (lactones) is 1. The maximum Gasteiger partial charge on any atom is 0.338 e. The summed E-state index contributed by atoms with van der Waals surface area (Å²) in [5.41, 5.74) is 8.58. The van der Waals surface area contributed by atoms with Crippen molar-refractivity contribution in [3.8, 4) is 5.75 Å². The molecule has 3 aliphatic heterocycles. The summed E-state index contributed by atoms with van der Waals surface area (Å²) < 4.78 is 5.17. The summed E-state index contributed by atoms with van der Waals surface area (Å²) in [5.74, 6) is 0.759. The Balaban J connectivity index is 0.892. The van der Waals surface area contributed by atoms with E-state index in [-0.39, 0.29) is 11.9 Å². The van der Waals surface area contributed by atoms with Gasteiger partial charge >= 0.3 is 5.97 Å². The van der Waals surface area contributed by atoms with Crippen LogP contribution in [0.3, 0.4) is 0 Å². The molecule has 2 saturated heterocycles. The van der Waals surface area contributed by atoms with E-state index in [1.54, 1.807) is 0 Å². The minimum Gasteiger partial charge on any atom is -0.508 e. The van der Waals surface area contributed by atoms with Gasteiger partial charge in [0, 0.05) is 68.7 Å². The molecule has 242 valence electrons. The minimum absolute atomic E-state index is 0.234. The van der Waals surface area contributed by atoms with Crippen molar-refractivity contribution < 1.29 is 19.7 Å². The number of rotatable bonds is 6. The average molecular weight is 630 g/mol. The maximum absolute atomic E-state index is 11.8. The van der Waals surface area contributed by atoms with Crippen LogP contribution in [0.1, 0.15) is 69.3 Å². The van der Waals surface area contributed by atoms with Crippen molar-refractivity contribution >= 4 is 17.3 Å². The second-order valence-electron chi connectivity index (χ2n) is 13.9. The van der Waals surface area contributed by atoms with Gasteiger partial charge in [-0.3, -0.25) is 4.90 Å². The lowest BCUT2D eigenvalue weighted by atomic mass is 9.69. The van der Waals surface area contributed by atoms with Gasteiger partial charge in [0.15, 0.2) is 0 Å². The van der Waals surface area contributed by atoms with E-state index >= 15 is 0 Å². The van der Waals surface area contributed by atoms with Gasteiger partial charge in [0.1, 0.15) is 12.4 Å². The highest BCUT2D eigenvalue weighted by Crippen LogP contribution is 2.47. The molecule has 2 atom stereocenters. The number of β-amino-alcohol motifs (C(OH)–C–C–N with tert-alkyl or cyclic N) is 1. The number of ether oxygens (including phenoxy) is 1. The molecule has 0 amide bonds. The molecule has 2 fully saturated rings. The monoisotopic (exact) mass is 629 g/mol. The Morgan fingerprint density at radius 2 is 1.47 bits per heavy atom. The zero-order valence-corrected chi connectivity index (χ0v) is 26.9. The Kier molecular flexibility index (Phi) is 7.90. The highest BCUT2D eigenvalue weighted by Gasteiger charge is 2.36. The molecule has 0 aromatic heterocycles. The highest BCUT2D eigenvalue weighted by atomic mass is 16.5. The molecule has 0 bridgehead atoms. The Morgan fingerprint density at radius 1 is 0.745 bits per heavy atom. The molecule has 0 radical (unpaired) electrons. The zero-order valence-electron chi connectivity index (χ0n) is 26.9. The molecule has 7 heteroatoms. The Morgan fingerprint density at radius 3 is 2.23 bits per heavy atom. The van der Waals surface area contributed by atoms with Crippen molar-refractivity contribution in [3.63, 3.8) is 0 Å². The molecule has 1 aliphatic carbocycles. The van der Waals surface area contributed by atoms with E-state index in [0.29, 0.717) is 30.4 Å². The summed E-state index contributed by atoms with van der Waals surface area (Å²) in [5, 5.41) is 21.7. The van der Waals surface area contributed by atoms with Gasteiger partial charge in [0.2, 0.25) is 0 Å². The number of carbonyl (C=O) groups excluding carboxylic acids is 1. The molecule has 2 N–H and O–H groups in total. The van der Waals surface area contributed by atoms with Crippen LogP contribution >= 0.6 is 0 Å². The number of esters is 1. The summed E-state index contributed by atoms with van der Waals surface area (Å²) in [6.45, 7) is 6.40. The molecule has 4 aromatic carbocycles.